The molecule has 1 aliphatic carbocycles. The first-order valence-electron chi connectivity index (χ1n) is 5.17. The van der Waals surface area contributed by atoms with E-state index >= 15 is 0 Å². The van der Waals surface area contributed by atoms with Crippen molar-refractivity contribution in [1.82, 2.24) is 5.32 Å². The number of amides is 1. The van der Waals surface area contributed by atoms with Crippen LogP contribution in [0.3, 0.4) is 0 Å². The molecule has 0 aromatic rings. The topological polar surface area (TPSA) is 29.1 Å². The van der Waals surface area contributed by atoms with Gasteiger partial charge in [-0.3, -0.25) is 4.79 Å². The molecule has 0 aromatic carbocycles. The molecule has 0 spiro atoms. The minimum Gasteiger partial charge on any atom is -0.356 e. The molecule has 1 amide bonds. The van der Waals surface area contributed by atoms with Crippen molar-refractivity contribution in [2.75, 3.05) is 6.54 Å². The monoisotopic (exact) mass is 193 g/mol. The quantitative estimate of drug-likeness (QED) is 0.681. The molecule has 2 heteroatoms. The van der Waals surface area contributed by atoms with Gasteiger partial charge in [-0.25, -0.2) is 0 Å². The van der Waals surface area contributed by atoms with Crippen LogP contribution in [0, 0.1) is 17.8 Å². The molecule has 1 aliphatic rings. The summed E-state index contributed by atoms with van der Waals surface area (Å²) >= 11 is 0. The van der Waals surface area contributed by atoms with Gasteiger partial charge in [-0.15, -0.1) is 13.2 Å². The van der Waals surface area contributed by atoms with Crippen LogP contribution in [0.25, 0.3) is 0 Å². The van der Waals surface area contributed by atoms with Gasteiger partial charge in [0.1, 0.15) is 0 Å². The van der Waals surface area contributed by atoms with Crippen LogP contribution in [-0.2, 0) is 4.79 Å². The number of hydrogen-bond acceptors (Lipinski definition) is 1. The summed E-state index contributed by atoms with van der Waals surface area (Å²) in [5.41, 5.74) is 0. The lowest BCUT2D eigenvalue weighted by atomic mass is 9.96. The molecule has 78 valence electrons. The van der Waals surface area contributed by atoms with Gasteiger partial charge in [0.15, 0.2) is 0 Å². The Labute approximate surface area is 86.1 Å². The number of carbonyl (C=O) groups is 1. The highest BCUT2D eigenvalue weighted by Gasteiger charge is 2.30. The summed E-state index contributed by atoms with van der Waals surface area (Å²) in [6, 6.07) is 0. The van der Waals surface area contributed by atoms with Gasteiger partial charge < -0.3 is 5.32 Å². The lowest BCUT2D eigenvalue weighted by Crippen LogP contribution is -2.28. The third kappa shape index (κ3) is 2.72. The van der Waals surface area contributed by atoms with E-state index in [-0.39, 0.29) is 5.91 Å². The Hall–Kier alpha value is -1.05. The summed E-state index contributed by atoms with van der Waals surface area (Å²) in [4.78, 5) is 10.8. The van der Waals surface area contributed by atoms with E-state index in [0.29, 0.717) is 17.8 Å². The van der Waals surface area contributed by atoms with Gasteiger partial charge in [-0.05, 0) is 30.6 Å². The van der Waals surface area contributed by atoms with Crippen molar-refractivity contribution in [3.63, 3.8) is 0 Å². The summed E-state index contributed by atoms with van der Waals surface area (Å²) in [6.45, 7) is 9.99. The molecule has 0 saturated heterocycles. The van der Waals surface area contributed by atoms with Crippen molar-refractivity contribution >= 4 is 5.91 Å². The molecule has 14 heavy (non-hydrogen) atoms. The van der Waals surface area contributed by atoms with Crippen LogP contribution in [0.15, 0.2) is 25.3 Å². The molecule has 0 bridgehead atoms. The first-order valence-corrected chi connectivity index (χ1v) is 5.17. The molecule has 0 radical (unpaired) electrons. The summed E-state index contributed by atoms with van der Waals surface area (Å²) in [5, 5.41) is 2.88. The molecule has 2 nitrogen and oxygen atoms in total. The minimum absolute atomic E-state index is 0.0508. The maximum absolute atomic E-state index is 10.8. The van der Waals surface area contributed by atoms with Gasteiger partial charge in [0.05, 0.1) is 0 Å². The second-order valence-electron chi connectivity index (χ2n) is 4.06. The molecule has 1 fully saturated rings. The fraction of sp³-hybridized carbons (Fsp3) is 0.583. The van der Waals surface area contributed by atoms with Gasteiger partial charge in [0.2, 0.25) is 5.91 Å². The van der Waals surface area contributed by atoms with Crippen LogP contribution in [0.4, 0.5) is 0 Å². The van der Waals surface area contributed by atoms with E-state index in [1.54, 1.807) is 6.92 Å². The number of rotatable bonds is 4. The third-order valence-corrected chi connectivity index (χ3v) is 3.04. The zero-order valence-electron chi connectivity index (χ0n) is 8.83. The average Bonchev–Trinajstić information content (AvgIpc) is 2.57. The molecular weight excluding hydrogens is 174 g/mol. The lowest BCUT2D eigenvalue weighted by Gasteiger charge is -2.15. The van der Waals surface area contributed by atoms with Gasteiger partial charge in [-0.2, -0.15) is 0 Å². The van der Waals surface area contributed by atoms with E-state index in [1.165, 1.54) is 0 Å². The Kier molecular flexibility index (Phi) is 3.93. The first kappa shape index (κ1) is 11.0. The molecule has 3 unspecified atom stereocenters. The molecule has 0 heterocycles. The first-order chi connectivity index (χ1) is 6.67. The van der Waals surface area contributed by atoms with Crippen molar-refractivity contribution in [2.45, 2.75) is 19.8 Å². The van der Waals surface area contributed by atoms with Crippen molar-refractivity contribution < 1.29 is 4.79 Å². The van der Waals surface area contributed by atoms with E-state index in [9.17, 15) is 4.79 Å². The largest absolute Gasteiger partial charge is 0.356 e. The van der Waals surface area contributed by atoms with Crippen molar-refractivity contribution in [2.24, 2.45) is 17.8 Å². The Balaban J connectivity index is 2.46. The molecule has 0 aliphatic heterocycles. The van der Waals surface area contributed by atoms with Gasteiger partial charge in [-0.1, -0.05) is 12.2 Å². The Morgan fingerprint density at radius 3 is 2.64 bits per heavy atom. The molecule has 1 N–H and O–H groups in total. The normalized spacial score (nSPS) is 31.1. The Bertz CT molecular complexity index is 234. The van der Waals surface area contributed by atoms with E-state index in [1.807, 2.05) is 12.2 Å². The number of nitrogens with one attached hydrogen (secondary N) is 1. The van der Waals surface area contributed by atoms with Crippen LogP contribution in [-0.4, -0.2) is 12.5 Å². The molecular formula is C12H19NO. The van der Waals surface area contributed by atoms with E-state index < -0.39 is 0 Å². The predicted octanol–water partition coefficient (Wildman–Crippen LogP) is 2.14. The SMILES string of the molecule is C=CC1CC(C=C)C(CNC(C)=O)C1. The van der Waals surface area contributed by atoms with Crippen LogP contribution in [0.1, 0.15) is 19.8 Å². The highest BCUT2D eigenvalue weighted by atomic mass is 16.1. The summed E-state index contributed by atoms with van der Waals surface area (Å²) in [6.07, 6.45) is 6.29. The lowest BCUT2D eigenvalue weighted by molar-refractivity contribution is -0.119. The maximum atomic E-state index is 10.8. The molecule has 1 rings (SSSR count). The van der Waals surface area contributed by atoms with Crippen molar-refractivity contribution in [3.05, 3.63) is 25.3 Å². The molecule has 3 atom stereocenters. The van der Waals surface area contributed by atoms with Crippen LogP contribution in [0.2, 0.25) is 0 Å². The predicted molar refractivity (Wildman–Crippen MR) is 58.8 cm³/mol. The molecule has 0 aromatic heterocycles. The maximum Gasteiger partial charge on any atom is 0.216 e. The van der Waals surface area contributed by atoms with Gasteiger partial charge in [0.25, 0.3) is 0 Å². The summed E-state index contributed by atoms with van der Waals surface area (Å²) < 4.78 is 0. The van der Waals surface area contributed by atoms with E-state index in [0.717, 1.165) is 19.4 Å². The van der Waals surface area contributed by atoms with Gasteiger partial charge in [0, 0.05) is 13.5 Å². The Morgan fingerprint density at radius 1 is 1.43 bits per heavy atom. The van der Waals surface area contributed by atoms with Crippen molar-refractivity contribution in [1.29, 1.82) is 0 Å². The summed E-state index contributed by atoms with van der Waals surface area (Å²) in [7, 11) is 0. The highest BCUT2D eigenvalue weighted by molar-refractivity contribution is 5.72. The van der Waals surface area contributed by atoms with Crippen LogP contribution >= 0.6 is 0 Å². The highest BCUT2D eigenvalue weighted by Crippen LogP contribution is 2.37. The van der Waals surface area contributed by atoms with E-state index in [4.69, 9.17) is 0 Å². The second kappa shape index (κ2) is 4.99. The molecule has 1 saturated carbocycles. The van der Waals surface area contributed by atoms with Crippen LogP contribution < -0.4 is 5.32 Å². The third-order valence-electron chi connectivity index (χ3n) is 3.04. The fourth-order valence-electron chi connectivity index (χ4n) is 2.19. The standard InChI is InChI=1S/C12H19NO/c1-4-10-6-11(5-2)12(7-10)8-13-9(3)14/h4-5,10-12H,1-2,6-8H2,3H3,(H,13,14). The zero-order valence-corrected chi connectivity index (χ0v) is 8.83. The average molecular weight is 193 g/mol. The van der Waals surface area contributed by atoms with Crippen molar-refractivity contribution in [3.8, 4) is 0 Å². The Morgan fingerprint density at radius 2 is 2.14 bits per heavy atom. The number of carbonyl (C=O) groups excluding carboxylic acids is 1. The van der Waals surface area contributed by atoms with E-state index in [2.05, 4.69) is 18.5 Å². The van der Waals surface area contributed by atoms with Crippen LogP contribution in [0.5, 0.6) is 0 Å². The zero-order chi connectivity index (χ0) is 10.6. The smallest absolute Gasteiger partial charge is 0.216 e. The number of hydrogen-bond donors (Lipinski definition) is 1. The second-order valence-corrected chi connectivity index (χ2v) is 4.06. The van der Waals surface area contributed by atoms with Gasteiger partial charge >= 0.3 is 0 Å². The summed E-state index contributed by atoms with van der Waals surface area (Å²) in [5.74, 6) is 1.72. The fourth-order valence-corrected chi connectivity index (χ4v) is 2.19. The minimum atomic E-state index is 0.0508. The number of allylic oxidation sites excluding steroid dienone is 2.